The number of rotatable bonds is 9. The number of anilines is 1. The van der Waals surface area contributed by atoms with Crippen molar-refractivity contribution in [1.29, 1.82) is 0 Å². The predicted octanol–water partition coefficient (Wildman–Crippen LogP) is 5.20. The molecule has 3 aromatic carbocycles. The van der Waals surface area contributed by atoms with Gasteiger partial charge in [0.15, 0.2) is 11.5 Å². The van der Waals surface area contributed by atoms with Crippen molar-refractivity contribution in [3.05, 3.63) is 95.2 Å². The molecule has 6 heteroatoms. The lowest BCUT2D eigenvalue weighted by molar-refractivity contribution is -0.113. The van der Waals surface area contributed by atoms with Gasteiger partial charge < -0.3 is 20.1 Å². The Kier molecular flexibility index (Phi) is 8.24. The van der Waals surface area contributed by atoms with Crippen LogP contribution in [0.15, 0.2) is 78.5 Å². The molecule has 0 unspecified atom stereocenters. The van der Waals surface area contributed by atoms with E-state index in [4.69, 9.17) is 9.47 Å². The first kappa shape index (κ1) is 23.6. The zero-order chi connectivity index (χ0) is 23.6. The Morgan fingerprint density at radius 1 is 0.848 bits per heavy atom. The molecule has 6 nitrogen and oxygen atoms in total. The number of benzene rings is 3. The highest BCUT2D eigenvalue weighted by Crippen LogP contribution is 2.29. The van der Waals surface area contributed by atoms with Crippen molar-refractivity contribution in [2.24, 2.45) is 0 Å². The number of carbonyl (C=O) groups excluding carboxylic acids is 2. The minimum atomic E-state index is -0.435. The number of hydrogen-bond acceptors (Lipinski definition) is 4. The van der Waals surface area contributed by atoms with Crippen LogP contribution in [-0.4, -0.2) is 25.0 Å². The third kappa shape index (κ3) is 6.71. The van der Waals surface area contributed by atoms with Gasteiger partial charge in [-0.3, -0.25) is 9.59 Å². The average Bonchev–Trinajstić information content (AvgIpc) is 2.82. The monoisotopic (exact) mass is 444 g/mol. The number of amides is 2. The fraction of sp³-hybridized carbons (Fsp3) is 0.185. The lowest BCUT2D eigenvalue weighted by Crippen LogP contribution is -2.30. The van der Waals surface area contributed by atoms with Crippen LogP contribution in [-0.2, 0) is 4.79 Å². The van der Waals surface area contributed by atoms with Crippen molar-refractivity contribution in [3.8, 4) is 11.5 Å². The number of hydrogen-bond donors (Lipinski definition) is 2. The SMILES string of the molecule is CCOc1ccc(/C=C(/NC(=O)c2ccccc2)C(=O)Nc2ccc(C)cc2)cc1OCC. The van der Waals surface area contributed by atoms with Crippen molar-refractivity contribution < 1.29 is 19.1 Å². The molecular weight excluding hydrogens is 416 g/mol. The van der Waals surface area contributed by atoms with Gasteiger partial charge in [0, 0.05) is 11.3 Å². The largest absolute Gasteiger partial charge is 0.490 e. The molecule has 3 rings (SSSR count). The molecule has 0 saturated heterocycles. The van der Waals surface area contributed by atoms with Crippen LogP contribution in [0.4, 0.5) is 5.69 Å². The summed E-state index contributed by atoms with van der Waals surface area (Å²) < 4.78 is 11.3. The summed E-state index contributed by atoms with van der Waals surface area (Å²) in [5, 5.41) is 5.58. The average molecular weight is 445 g/mol. The molecule has 0 spiro atoms. The second kappa shape index (κ2) is 11.5. The van der Waals surface area contributed by atoms with Gasteiger partial charge in [-0.05, 0) is 68.8 Å². The lowest BCUT2D eigenvalue weighted by atomic mass is 10.1. The molecule has 0 aromatic heterocycles. The first-order valence-electron chi connectivity index (χ1n) is 10.9. The molecular formula is C27H28N2O4. The Balaban J connectivity index is 1.93. The molecule has 2 N–H and O–H groups in total. The summed E-state index contributed by atoms with van der Waals surface area (Å²) in [7, 11) is 0. The molecule has 0 atom stereocenters. The molecule has 0 heterocycles. The van der Waals surface area contributed by atoms with E-state index in [0.29, 0.717) is 41.5 Å². The van der Waals surface area contributed by atoms with Gasteiger partial charge in [-0.2, -0.15) is 0 Å². The number of nitrogens with one attached hydrogen (secondary N) is 2. The molecule has 0 aliphatic carbocycles. The Labute approximate surface area is 194 Å². The maximum absolute atomic E-state index is 13.1. The first-order chi connectivity index (χ1) is 16.0. The number of ether oxygens (including phenoxy) is 2. The third-order valence-electron chi connectivity index (χ3n) is 4.72. The normalized spacial score (nSPS) is 10.9. The van der Waals surface area contributed by atoms with Gasteiger partial charge in [-0.15, -0.1) is 0 Å². The standard InChI is InChI=1S/C27H28N2O4/c1-4-32-24-16-13-20(18-25(24)33-5-2)17-23(29-26(30)21-9-7-6-8-10-21)27(31)28-22-14-11-19(3)12-15-22/h6-18H,4-5H2,1-3H3,(H,28,31)(H,29,30)/b23-17+. The third-order valence-corrected chi connectivity index (χ3v) is 4.72. The van der Waals surface area contributed by atoms with Gasteiger partial charge in [0.2, 0.25) is 0 Å². The molecule has 0 aliphatic rings. The molecule has 0 radical (unpaired) electrons. The Morgan fingerprint density at radius 2 is 1.52 bits per heavy atom. The van der Waals surface area contributed by atoms with Crippen molar-refractivity contribution in [1.82, 2.24) is 5.32 Å². The van der Waals surface area contributed by atoms with Crippen molar-refractivity contribution in [2.45, 2.75) is 20.8 Å². The van der Waals surface area contributed by atoms with Gasteiger partial charge in [-0.1, -0.05) is 42.0 Å². The Hall–Kier alpha value is -4.06. The van der Waals surface area contributed by atoms with E-state index >= 15 is 0 Å². The summed E-state index contributed by atoms with van der Waals surface area (Å²) in [6, 6.07) is 21.6. The van der Waals surface area contributed by atoms with E-state index in [2.05, 4.69) is 10.6 Å². The molecule has 33 heavy (non-hydrogen) atoms. The molecule has 170 valence electrons. The zero-order valence-corrected chi connectivity index (χ0v) is 19.1. The fourth-order valence-electron chi connectivity index (χ4n) is 3.10. The van der Waals surface area contributed by atoms with Crippen LogP contribution in [0, 0.1) is 6.92 Å². The molecule has 0 fully saturated rings. The zero-order valence-electron chi connectivity index (χ0n) is 19.1. The number of aryl methyl sites for hydroxylation is 1. The van der Waals surface area contributed by atoms with Crippen LogP contribution in [0.3, 0.4) is 0 Å². The van der Waals surface area contributed by atoms with E-state index in [1.54, 1.807) is 48.5 Å². The van der Waals surface area contributed by atoms with Gasteiger partial charge in [-0.25, -0.2) is 0 Å². The molecule has 2 amide bonds. The van der Waals surface area contributed by atoms with Crippen molar-refractivity contribution in [2.75, 3.05) is 18.5 Å². The molecule has 0 bridgehead atoms. The highest BCUT2D eigenvalue weighted by Gasteiger charge is 2.16. The van der Waals surface area contributed by atoms with Crippen LogP contribution in [0.5, 0.6) is 11.5 Å². The topological polar surface area (TPSA) is 76.7 Å². The highest BCUT2D eigenvalue weighted by atomic mass is 16.5. The summed E-state index contributed by atoms with van der Waals surface area (Å²) in [4.78, 5) is 25.9. The van der Waals surface area contributed by atoms with Gasteiger partial charge in [0.1, 0.15) is 5.70 Å². The highest BCUT2D eigenvalue weighted by molar-refractivity contribution is 6.10. The summed E-state index contributed by atoms with van der Waals surface area (Å²) in [6.45, 7) is 6.74. The van der Waals surface area contributed by atoms with Crippen molar-refractivity contribution >= 4 is 23.6 Å². The Bertz CT molecular complexity index is 1120. The van der Waals surface area contributed by atoms with E-state index in [1.807, 2.05) is 51.1 Å². The maximum Gasteiger partial charge on any atom is 0.272 e. The van der Waals surface area contributed by atoms with Gasteiger partial charge in [0.25, 0.3) is 11.8 Å². The minimum absolute atomic E-state index is 0.107. The smallest absolute Gasteiger partial charge is 0.272 e. The summed E-state index contributed by atoms with van der Waals surface area (Å²) in [5.74, 6) is 0.378. The second-order valence-corrected chi connectivity index (χ2v) is 7.27. The lowest BCUT2D eigenvalue weighted by Gasteiger charge is -2.13. The van der Waals surface area contributed by atoms with Gasteiger partial charge >= 0.3 is 0 Å². The van der Waals surface area contributed by atoms with E-state index in [1.165, 1.54) is 0 Å². The Morgan fingerprint density at radius 3 is 2.18 bits per heavy atom. The van der Waals surface area contributed by atoms with E-state index in [9.17, 15) is 9.59 Å². The fourth-order valence-corrected chi connectivity index (χ4v) is 3.10. The molecule has 0 saturated carbocycles. The van der Waals surface area contributed by atoms with E-state index < -0.39 is 5.91 Å². The van der Waals surface area contributed by atoms with Gasteiger partial charge in [0.05, 0.1) is 13.2 Å². The van der Waals surface area contributed by atoms with Crippen molar-refractivity contribution in [3.63, 3.8) is 0 Å². The summed E-state index contributed by atoms with van der Waals surface area (Å²) in [5.41, 5.74) is 2.96. The van der Waals surface area contributed by atoms with Crippen LogP contribution < -0.4 is 20.1 Å². The van der Waals surface area contributed by atoms with Crippen LogP contribution in [0.1, 0.15) is 35.3 Å². The molecule has 0 aliphatic heterocycles. The quantitative estimate of drug-likeness (QED) is 0.445. The van der Waals surface area contributed by atoms with Crippen LogP contribution in [0.2, 0.25) is 0 Å². The van der Waals surface area contributed by atoms with E-state index in [0.717, 1.165) is 5.56 Å². The first-order valence-corrected chi connectivity index (χ1v) is 10.9. The minimum Gasteiger partial charge on any atom is -0.490 e. The van der Waals surface area contributed by atoms with Crippen LogP contribution >= 0.6 is 0 Å². The maximum atomic E-state index is 13.1. The second-order valence-electron chi connectivity index (χ2n) is 7.27. The summed E-state index contributed by atoms with van der Waals surface area (Å²) in [6.07, 6.45) is 1.61. The number of carbonyl (C=O) groups is 2. The predicted molar refractivity (Wildman–Crippen MR) is 130 cm³/mol. The molecule has 3 aromatic rings. The van der Waals surface area contributed by atoms with E-state index in [-0.39, 0.29) is 11.6 Å². The van der Waals surface area contributed by atoms with Crippen LogP contribution in [0.25, 0.3) is 6.08 Å². The summed E-state index contributed by atoms with van der Waals surface area (Å²) >= 11 is 0.